The molecule has 0 spiro atoms. The van der Waals surface area contributed by atoms with Crippen LogP contribution in [0.15, 0.2) is 48.7 Å². The largest absolute Gasteiger partial charge is 0.348 e. The quantitative estimate of drug-likeness (QED) is 0.418. The molecular weight excluding hydrogens is 509 g/mol. The number of rotatable bonds is 8. The Morgan fingerprint density at radius 3 is 2.58 bits per heavy atom. The average molecular weight is 540 g/mol. The van der Waals surface area contributed by atoms with E-state index in [1.807, 2.05) is 6.07 Å². The van der Waals surface area contributed by atoms with Crippen LogP contribution < -0.4 is 10.7 Å². The molecule has 2 N–H and O–H groups in total. The van der Waals surface area contributed by atoms with Crippen molar-refractivity contribution < 1.29 is 14.0 Å². The number of hydrogen-bond acceptors (Lipinski definition) is 7. The van der Waals surface area contributed by atoms with Crippen LogP contribution in [-0.2, 0) is 17.6 Å². The number of anilines is 3. The third-order valence-corrected chi connectivity index (χ3v) is 6.61. The molecule has 1 aliphatic rings. The van der Waals surface area contributed by atoms with E-state index in [1.54, 1.807) is 32.0 Å². The third kappa shape index (κ3) is 6.76. The van der Waals surface area contributed by atoms with Crippen LogP contribution in [0, 0.1) is 5.82 Å². The van der Waals surface area contributed by atoms with Gasteiger partial charge in [-0.15, -0.1) is 0 Å². The van der Waals surface area contributed by atoms with Gasteiger partial charge in [-0.3, -0.25) is 24.9 Å². The summed E-state index contributed by atoms with van der Waals surface area (Å²) in [6, 6.07) is 11.6. The number of likely N-dealkylation sites (N-methyl/N-ethyl adjacent to an activating group) is 1. The molecule has 200 valence electrons. The second-order valence-electron chi connectivity index (χ2n) is 9.23. The maximum Gasteiger partial charge on any atom is 0.272 e. The molecule has 11 heteroatoms. The summed E-state index contributed by atoms with van der Waals surface area (Å²) in [6.45, 7) is 4.12. The maximum absolute atomic E-state index is 13.6. The number of nitrogens with zero attached hydrogens (tertiary/aromatic N) is 5. The summed E-state index contributed by atoms with van der Waals surface area (Å²) in [5, 5.41) is 4.75. The lowest BCUT2D eigenvalue weighted by Crippen LogP contribution is -2.37. The van der Waals surface area contributed by atoms with Crippen LogP contribution in [-0.4, -0.2) is 76.9 Å². The zero-order valence-corrected chi connectivity index (χ0v) is 22.4. The molecule has 2 heterocycles. The Morgan fingerprint density at radius 1 is 1.11 bits per heavy atom. The van der Waals surface area contributed by atoms with Crippen molar-refractivity contribution in [1.82, 2.24) is 24.8 Å². The summed E-state index contributed by atoms with van der Waals surface area (Å²) in [5.74, 6) is -0.260. The Balaban J connectivity index is 1.45. The van der Waals surface area contributed by atoms with Gasteiger partial charge in [-0.25, -0.2) is 9.37 Å². The molecule has 0 saturated heterocycles. The lowest BCUT2D eigenvalue weighted by molar-refractivity contribution is -0.129. The van der Waals surface area contributed by atoms with Gasteiger partial charge in [0.1, 0.15) is 10.8 Å². The van der Waals surface area contributed by atoms with Gasteiger partial charge < -0.3 is 10.2 Å². The molecule has 2 amide bonds. The molecule has 0 bridgehead atoms. The monoisotopic (exact) mass is 539 g/mol. The Hall–Kier alpha value is -3.76. The number of nitrogens with one attached hydrogen (secondary N) is 2. The van der Waals surface area contributed by atoms with E-state index in [4.69, 9.17) is 11.6 Å². The summed E-state index contributed by atoms with van der Waals surface area (Å²) in [7, 11) is 3.54. The normalized spacial score (nSPS) is 13.3. The van der Waals surface area contributed by atoms with Gasteiger partial charge in [-0.05, 0) is 61.2 Å². The fourth-order valence-electron chi connectivity index (χ4n) is 4.15. The molecule has 0 fully saturated rings. The first-order chi connectivity index (χ1) is 18.2. The van der Waals surface area contributed by atoms with Crippen molar-refractivity contribution >= 4 is 40.9 Å². The van der Waals surface area contributed by atoms with Crippen LogP contribution >= 0.6 is 11.6 Å². The van der Waals surface area contributed by atoms with Crippen LogP contribution in [0.5, 0.6) is 0 Å². The highest BCUT2D eigenvalue weighted by Gasteiger charge is 2.19. The lowest BCUT2D eigenvalue weighted by atomic mass is 10.0. The van der Waals surface area contributed by atoms with Gasteiger partial charge in [0.25, 0.3) is 5.91 Å². The van der Waals surface area contributed by atoms with E-state index in [0.29, 0.717) is 19.0 Å². The number of fused-ring (bicyclic) bond motifs is 1. The molecule has 9 nitrogen and oxygen atoms in total. The van der Waals surface area contributed by atoms with Crippen LogP contribution in [0.25, 0.3) is 0 Å². The van der Waals surface area contributed by atoms with E-state index in [2.05, 4.69) is 37.7 Å². The molecule has 3 aromatic rings. The van der Waals surface area contributed by atoms with Crippen molar-refractivity contribution in [3.63, 3.8) is 0 Å². The SMILES string of the molecule is CCN(Nc1nc(Nc2ccc3c(c2)CCN(CC(=O)N(C)C)CC3)ncc1Cl)C(=O)c1cccc(F)c1. The molecule has 0 saturated carbocycles. The molecule has 4 rings (SSSR count). The number of aromatic nitrogens is 2. The van der Waals surface area contributed by atoms with Crippen molar-refractivity contribution in [2.75, 3.05) is 51.0 Å². The Bertz CT molecular complexity index is 1320. The summed E-state index contributed by atoms with van der Waals surface area (Å²) in [4.78, 5) is 37.5. The maximum atomic E-state index is 13.6. The number of carbonyl (C=O) groups excluding carboxylic acids is 2. The predicted octanol–water partition coefficient (Wildman–Crippen LogP) is 3.99. The van der Waals surface area contributed by atoms with E-state index in [1.165, 1.54) is 40.5 Å². The van der Waals surface area contributed by atoms with Crippen LogP contribution in [0.4, 0.5) is 21.8 Å². The zero-order chi connectivity index (χ0) is 27.2. The Labute approximate surface area is 226 Å². The standard InChI is InChI=1S/C27H31ClFN7O2/c1-4-36(26(38)20-6-5-7-21(29)14-20)33-25-23(28)16-30-27(32-25)31-22-9-8-18-10-12-35(13-11-19(18)15-22)17-24(37)34(2)3/h5-9,14-16H,4,10-13,17H2,1-3H3,(H2,30,31,32,33). The highest BCUT2D eigenvalue weighted by Crippen LogP contribution is 2.25. The first-order valence-corrected chi connectivity index (χ1v) is 12.8. The molecule has 1 aromatic heterocycles. The smallest absolute Gasteiger partial charge is 0.272 e. The summed E-state index contributed by atoms with van der Waals surface area (Å²) < 4.78 is 13.6. The fourth-order valence-corrected chi connectivity index (χ4v) is 4.29. The van der Waals surface area contributed by atoms with Crippen molar-refractivity contribution in [3.05, 3.63) is 76.2 Å². The van der Waals surface area contributed by atoms with E-state index < -0.39 is 11.7 Å². The highest BCUT2D eigenvalue weighted by molar-refractivity contribution is 6.32. The van der Waals surface area contributed by atoms with Crippen LogP contribution in [0.1, 0.15) is 28.4 Å². The average Bonchev–Trinajstić information content (AvgIpc) is 3.10. The van der Waals surface area contributed by atoms with Crippen molar-refractivity contribution in [1.29, 1.82) is 0 Å². The molecule has 38 heavy (non-hydrogen) atoms. The zero-order valence-electron chi connectivity index (χ0n) is 21.7. The van der Waals surface area contributed by atoms with E-state index in [9.17, 15) is 14.0 Å². The van der Waals surface area contributed by atoms with E-state index >= 15 is 0 Å². The van der Waals surface area contributed by atoms with E-state index in [-0.39, 0.29) is 22.3 Å². The number of halogens is 2. The first kappa shape index (κ1) is 27.3. The first-order valence-electron chi connectivity index (χ1n) is 12.4. The van der Waals surface area contributed by atoms with Gasteiger partial charge in [-0.1, -0.05) is 23.7 Å². The Kier molecular flexibility index (Phi) is 8.75. The molecule has 2 aromatic carbocycles. The highest BCUT2D eigenvalue weighted by atomic mass is 35.5. The minimum atomic E-state index is -0.492. The number of hydrazine groups is 1. The summed E-state index contributed by atoms with van der Waals surface area (Å²) >= 11 is 6.31. The van der Waals surface area contributed by atoms with Gasteiger partial charge >= 0.3 is 0 Å². The summed E-state index contributed by atoms with van der Waals surface area (Å²) in [5.41, 5.74) is 6.41. The lowest BCUT2D eigenvalue weighted by Gasteiger charge is -2.23. The van der Waals surface area contributed by atoms with E-state index in [0.717, 1.165) is 31.6 Å². The number of amides is 2. The molecule has 0 atom stereocenters. The third-order valence-electron chi connectivity index (χ3n) is 6.33. The fraction of sp³-hybridized carbons (Fsp3) is 0.333. The van der Waals surface area contributed by atoms with Crippen molar-refractivity contribution in [3.8, 4) is 0 Å². The number of hydrogen-bond donors (Lipinski definition) is 2. The van der Waals surface area contributed by atoms with Gasteiger partial charge in [0, 0.05) is 45.0 Å². The molecule has 0 aliphatic carbocycles. The van der Waals surface area contributed by atoms with Gasteiger partial charge in [0.15, 0.2) is 5.82 Å². The minimum absolute atomic E-state index is 0.0990. The number of carbonyl (C=O) groups is 2. The van der Waals surface area contributed by atoms with Gasteiger partial charge in [0.2, 0.25) is 11.9 Å². The minimum Gasteiger partial charge on any atom is -0.348 e. The van der Waals surface area contributed by atoms with Gasteiger partial charge in [0.05, 0.1) is 12.7 Å². The van der Waals surface area contributed by atoms with Gasteiger partial charge in [-0.2, -0.15) is 4.98 Å². The predicted molar refractivity (Wildman–Crippen MR) is 146 cm³/mol. The molecule has 0 unspecified atom stereocenters. The summed E-state index contributed by atoms with van der Waals surface area (Å²) in [6.07, 6.45) is 3.14. The van der Waals surface area contributed by atoms with Crippen LogP contribution in [0.2, 0.25) is 5.02 Å². The van der Waals surface area contributed by atoms with Crippen molar-refractivity contribution in [2.45, 2.75) is 19.8 Å². The second-order valence-corrected chi connectivity index (χ2v) is 9.64. The van der Waals surface area contributed by atoms with Crippen molar-refractivity contribution in [2.24, 2.45) is 0 Å². The molecule has 1 aliphatic heterocycles. The molecule has 0 radical (unpaired) electrons. The topological polar surface area (TPSA) is 93.7 Å². The van der Waals surface area contributed by atoms with Crippen LogP contribution in [0.3, 0.4) is 0 Å². The Morgan fingerprint density at radius 2 is 1.87 bits per heavy atom. The molecular formula is C27H31ClFN7O2. The second kappa shape index (κ2) is 12.2. The number of benzene rings is 2.